The summed E-state index contributed by atoms with van der Waals surface area (Å²) in [5.74, 6) is -8.51. The Hall–Kier alpha value is -3.02. The van der Waals surface area contributed by atoms with Gasteiger partial charge < -0.3 is 125 Å². The van der Waals surface area contributed by atoms with Crippen LogP contribution in [0.1, 0.15) is 220 Å². The lowest BCUT2D eigenvalue weighted by Crippen LogP contribution is -2.71. The summed E-state index contributed by atoms with van der Waals surface area (Å²) in [6.45, 7) is 1.96. The Morgan fingerprint density at radius 1 is 0.562 bits per heavy atom. The maximum absolute atomic E-state index is 13.6. The van der Waals surface area contributed by atoms with Crippen LogP contribution in [0, 0.1) is 5.92 Å². The van der Waals surface area contributed by atoms with Gasteiger partial charge in [-0.05, 0) is 45.4 Å². The average molecular weight is 1380 g/mol. The van der Waals surface area contributed by atoms with E-state index in [-0.39, 0.29) is 12.3 Å². The monoisotopic (exact) mass is 1380 g/mol. The summed E-state index contributed by atoms with van der Waals surface area (Å²) in [6, 6.07) is -2.70. The van der Waals surface area contributed by atoms with Crippen molar-refractivity contribution in [2.45, 2.75) is 355 Å². The number of rotatable bonds is 50. The number of nitrogens with one attached hydrogen (secondary N) is 2. The summed E-state index contributed by atoms with van der Waals surface area (Å²) in [5.41, 5.74) is 0. The molecule has 0 bridgehead atoms. The van der Waals surface area contributed by atoms with Gasteiger partial charge in [-0.25, -0.2) is 4.79 Å². The molecule has 0 spiro atoms. The fourth-order valence-corrected chi connectivity index (χ4v) is 13.1. The van der Waals surface area contributed by atoms with E-state index < -0.39 is 204 Å². The molecule has 0 aromatic carbocycles. The third-order valence-corrected chi connectivity index (χ3v) is 18.8. The number of aliphatic hydroxyl groups excluding tert-OH is 13. The van der Waals surface area contributed by atoms with E-state index in [1.165, 1.54) is 77.0 Å². The molecule has 4 aliphatic rings. The molecule has 560 valence electrons. The number of ether oxygens (including phenoxy) is 8. The van der Waals surface area contributed by atoms with Gasteiger partial charge in [-0.1, -0.05) is 161 Å². The zero-order chi connectivity index (χ0) is 70.7. The highest BCUT2D eigenvalue weighted by molar-refractivity contribution is 5.77. The van der Waals surface area contributed by atoms with E-state index in [2.05, 4.69) is 36.6 Å². The van der Waals surface area contributed by atoms with E-state index in [9.17, 15) is 90.7 Å². The fraction of sp³-hybridized carbons (Fsp3) is 0.912. The molecule has 28 nitrogen and oxygen atoms in total. The minimum absolute atomic E-state index is 0.179. The Kier molecular flexibility index (Phi) is 41.3. The van der Waals surface area contributed by atoms with Gasteiger partial charge in [0.15, 0.2) is 18.9 Å². The third-order valence-electron chi connectivity index (χ3n) is 18.8. The molecule has 4 saturated heterocycles. The van der Waals surface area contributed by atoms with Gasteiger partial charge >= 0.3 is 5.97 Å². The van der Waals surface area contributed by atoms with Crippen molar-refractivity contribution in [3.63, 3.8) is 0 Å². The molecule has 23 atom stereocenters. The van der Waals surface area contributed by atoms with E-state index >= 15 is 0 Å². The van der Waals surface area contributed by atoms with Crippen LogP contribution in [-0.4, -0.2) is 262 Å². The third kappa shape index (κ3) is 27.7. The first-order valence-electron chi connectivity index (χ1n) is 35.8. The van der Waals surface area contributed by atoms with E-state index in [0.29, 0.717) is 19.3 Å². The van der Waals surface area contributed by atoms with Gasteiger partial charge in [0, 0.05) is 32.1 Å². The van der Waals surface area contributed by atoms with E-state index in [0.717, 1.165) is 90.9 Å². The molecule has 4 rings (SSSR count). The van der Waals surface area contributed by atoms with Crippen LogP contribution in [-0.2, 0) is 57.1 Å². The zero-order valence-corrected chi connectivity index (χ0v) is 57.3. The number of Topliss-reactive ketones (excluding diaryl/α,β-unsaturated/α-hetero) is 1. The van der Waals surface area contributed by atoms with Crippen molar-refractivity contribution >= 4 is 23.6 Å². The molecule has 4 aliphatic heterocycles. The average Bonchev–Trinajstić information content (AvgIpc) is 0.752. The number of carbonyl (C=O) groups excluding carboxylic acids is 3. The van der Waals surface area contributed by atoms with E-state index in [1.54, 1.807) is 0 Å². The largest absolute Gasteiger partial charge is 0.477 e. The van der Waals surface area contributed by atoms with Crippen LogP contribution in [0.4, 0.5) is 0 Å². The minimum Gasteiger partial charge on any atom is -0.477 e. The number of carbonyl (C=O) groups is 4. The van der Waals surface area contributed by atoms with Crippen LogP contribution in [0.5, 0.6) is 0 Å². The van der Waals surface area contributed by atoms with Crippen LogP contribution in [0.3, 0.4) is 0 Å². The molecule has 1 unspecified atom stereocenters. The molecule has 4 heterocycles. The molecular weight excluding hydrogens is 1260 g/mol. The lowest BCUT2D eigenvalue weighted by molar-refractivity contribution is -0.403. The molecule has 0 aliphatic carbocycles. The SMILES string of the molecule is CCCCCC/C=C\CCCCCCCCCC(=O)N[C@@H](CO[C@@H]1O[C@H](CO)[C@@H](O[C@@H]2O[C@H](CO)[C@H](O[C@@H]3O[C@H](CO)[C@H](O)[C@H](O)[C@H]3CC(C)=O)[C@H](O[C@]3(C(=O)O)C[C@H](O)[C@@H](NC(C)=O)C([C@H](O)[C@H](O)CO)O3)[C@H]2O)[C@H](O)[C@H]1O)[C@H](O)CCCCCCCCCCCCCCC. The summed E-state index contributed by atoms with van der Waals surface area (Å²) in [7, 11) is 0. The molecule has 0 aromatic heterocycles. The first kappa shape index (κ1) is 85.4. The van der Waals surface area contributed by atoms with Gasteiger partial charge in [0.2, 0.25) is 11.8 Å². The molecule has 28 heteroatoms. The molecule has 4 fully saturated rings. The van der Waals surface area contributed by atoms with Crippen molar-refractivity contribution in [3.05, 3.63) is 12.2 Å². The van der Waals surface area contributed by atoms with Crippen molar-refractivity contribution < 1.29 is 129 Å². The predicted octanol–water partition coefficient (Wildman–Crippen LogP) is 2.22. The number of unbranched alkanes of at least 4 members (excludes halogenated alkanes) is 23. The first-order valence-corrected chi connectivity index (χ1v) is 35.8. The van der Waals surface area contributed by atoms with Crippen molar-refractivity contribution in [1.82, 2.24) is 10.6 Å². The first-order chi connectivity index (χ1) is 46.0. The van der Waals surface area contributed by atoms with Gasteiger partial charge in [0.1, 0.15) is 85.1 Å². The smallest absolute Gasteiger partial charge is 0.364 e. The Morgan fingerprint density at radius 2 is 1.06 bits per heavy atom. The van der Waals surface area contributed by atoms with Crippen molar-refractivity contribution in [2.75, 3.05) is 33.0 Å². The number of hydrogen-bond donors (Lipinski definition) is 16. The van der Waals surface area contributed by atoms with E-state index in [1.807, 2.05) is 0 Å². The van der Waals surface area contributed by atoms with Gasteiger partial charge in [0.05, 0.1) is 63.4 Å². The zero-order valence-electron chi connectivity index (χ0n) is 57.3. The minimum atomic E-state index is -3.26. The highest BCUT2D eigenvalue weighted by atomic mass is 16.8. The number of carboxylic acids is 1. The summed E-state index contributed by atoms with van der Waals surface area (Å²) < 4.78 is 48.1. The van der Waals surface area contributed by atoms with Crippen molar-refractivity contribution in [3.8, 4) is 0 Å². The van der Waals surface area contributed by atoms with Crippen LogP contribution in [0.15, 0.2) is 12.2 Å². The molecule has 0 radical (unpaired) electrons. The van der Waals surface area contributed by atoms with Crippen LogP contribution in [0.25, 0.3) is 0 Å². The Balaban J connectivity index is 1.54. The summed E-state index contributed by atoms with van der Waals surface area (Å²) in [4.78, 5) is 52.0. The van der Waals surface area contributed by atoms with Crippen molar-refractivity contribution in [1.29, 1.82) is 0 Å². The Labute approximate surface area is 566 Å². The molecule has 0 saturated carbocycles. The highest BCUT2D eigenvalue weighted by Gasteiger charge is 2.61. The van der Waals surface area contributed by atoms with Gasteiger partial charge in [0.25, 0.3) is 5.79 Å². The number of hydrogen-bond acceptors (Lipinski definition) is 25. The summed E-state index contributed by atoms with van der Waals surface area (Å²) >= 11 is 0. The molecule has 2 amide bonds. The lowest BCUT2D eigenvalue weighted by Gasteiger charge is -2.52. The van der Waals surface area contributed by atoms with Gasteiger partial charge in [-0.2, -0.15) is 0 Å². The van der Waals surface area contributed by atoms with Crippen molar-refractivity contribution in [2.24, 2.45) is 5.92 Å². The number of aliphatic carboxylic acids is 1. The van der Waals surface area contributed by atoms with Gasteiger partial charge in [-0.15, -0.1) is 0 Å². The van der Waals surface area contributed by atoms with E-state index in [4.69, 9.17) is 37.9 Å². The van der Waals surface area contributed by atoms with Crippen LogP contribution < -0.4 is 10.6 Å². The second-order valence-electron chi connectivity index (χ2n) is 26.8. The van der Waals surface area contributed by atoms with Crippen LogP contribution >= 0.6 is 0 Å². The molecule has 0 aromatic rings. The normalized spacial score (nSPS) is 32.4. The second kappa shape index (κ2) is 46.5. The molecule has 16 N–H and O–H groups in total. The molecular formula is C68H122N2O26. The fourth-order valence-electron chi connectivity index (χ4n) is 13.1. The number of amides is 2. The second-order valence-corrected chi connectivity index (χ2v) is 26.8. The summed E-state index contributed by atoms with van der Waals surface area (Å²) in [6.07, 6.45) is -5.03. The maximum atomic E-state index is 13.6. The van der Waals surface area contributed by atoms with Crippen LogP contribution in [0.2, 0.25) is 0 Å². The number of ketones is 1. The topological polar surface area (TPSA) is 449 Å². The maximum Gasteiger partial charge on any atom is 0.364 e. The number of allylic oxidation sites excluding steroid dienone is 2. The number of carboxylic acid groups (broad SMARTS) is 1. The molecule has 96 heavy (non-hydrogen) atoms. The lowest BCUT2D eigenvalue weighted by atomic mass is 9.87. The highest BCUT2D eigenvalue weighted by Crippen LogP contribution is 2.41. The predicted molar refractivity (Wildman–Crippen MR) is 347 cm³/mol. The summed E-state index contributed by atoms with van der Waals surface area (Å²) in [5, 5.41) is 161. The Bertz CT molecular complexity index is 2170. The number of aliphatic hydroxyl groups is 13. The quantitative estimate of drug-likeness (QED) is 0.0307. The standard InChI is InChI=1S/C68H122N2O26/c1-5-7-9-11-13-15-17-19-20-22-24-26-28-30-32-34-52(80)70-45(46(77)33-31-29-27-25-23-21-18-16-14-12-10-8-6-2)41-89-65-58(85)57(84)60(50(39-73)91-65)93-66-59(86)63(61(51(40-74)92-66)94-64-44(35-42(3)75)54(81)56(83)49(38-72)90-64)96-68(67(87)88)36-47(78)53(69-43(4)76)62(95-68)55(82)48(79)37-71/h15,17,44-51,53-66,71-74,77-79,81-86H,5-14,16,18-41H2,1-4H3,(H,69,76)(H,70,80)(H,87,88)/b17-15-/t44-,45+,46-,47+,48-,49-,50-,51-,53-,54-,55-,56+,57-,58-,59-,60-,61+,62?,63-,64+,65-,66+,68+/m1/s1. The van der Waals surface area contributed by atoms with Gasteiger partial charge in [-0.3, -0.25) is 9.59 Å². The Morgan fingerprint density at radius 3 is 1.59 bits per heavy atom.